The molecular formula is C21H22. The van der Waals surface area contributed by atoms with Crippen LogP contribution < -0.4 is 0 Å². The molecule has 0 N–H and O–H groups in total. The van der Waals surface area contributed by atoms with E-state index in [-0.39, 0.29) is 0 Å². The quantitative estimate of drug-likeness (QED) is 0.568. The van der Waals surface area contributed by atoms with Gasteiger partial charge in [-0.1, -0.05) is 73.3 Å². The minimum absolute atomic E-state index is 1.17. The predicted octanol–water partition coefficient (Wildman–Crippen LogP) is 6.37. The van der Waals surface area contributed by atoms with Crippen LogP contribution in [0.1, 0.15) is 31.9 Å². The standard InChI is InChI=1S/C21H22/c1-5-16(4)18-8-10-20(11-9-18)21-14-12-19(13-15-21)17(6-2)7-3/h5-15H,2H2,1,3-4H3/b16-5+,17-7+. The molecule has 0 saturated carbocycles. The highest BCUT2D eigenvalue weighted by atomic mass is 14.1. The average Bonchev–Trinajstić information content (AvgIpc) is 2.56. The first-order chi connectivity index (χ1) is 10.2. The van der Waals surface area contributed by atoms with E-state index in [2.05, 4.69) is 81.1 Å². The lowest BCUT2D eigenvalue weighted by molar-refractivity contribution is 1.52. The third-order valence-electron chi connectivity index (χ3n) is 3.86. The van der Waals surface area contributed by atoms with Crippen molar-refractivity contribution in [2.45, 2.75) is 20.8 Å². The van der Waals surface area contributed by atoms with Gasteiger partial charge in [0.05, 0.1) is 0 Å². The summed E-state index contributed by atoms with van der Waals surface area (Å²) >= 11 is 0. The maximum Gasteiger partial charge on any atom is -0.0184 e. The summed E-state index contributed by atoms with van der Waals surface area (Å²) in [7, 11) is 0. The van der Waals surface area contributed by atoms with Crippen molar-refractivity contribution >= 4 is 11.1 Å². The van der Waals surface area contributed by atoms with Crippen molar-refractivity contribution in [3.8, 4) is 11.1 Å². The molecule has 0 unspecified atom stereocenters. The van der Waals surface area contributed by atoms with Crippen LogP contribution in [0.25, 0.3) is 22.3 Å². The second-order valence-corrected chi connectivity index (χ2v) is 5.07. The molecule has 106 valence electrons. The molecule has 21 heavy (non-hydrogen) atoms. The van der Waals surface area contributed by atoms with Crippen molar-refractivity contribution in [2.24, 2.45) is 0 Å². The number of benzene rings is 2. The van der Waals surface area contributed by atoms with Gasteiger partial charge in [0.25, 0.3) is 0 Å². The Morgan fingerprint density at radius 2 is 1.24 bits per heavy atom. The summed E-state index contributed by atoms with van der Waals surface area (Å²) in [6.45, 7) is 10.1. The maximum absolute atomic E-state index is 3.85. The van der Waals surface area contributed by atoms with Gasteiger partial charge in [-0.05, 0) is 54.2 Å². The van der Waals surface area contributed by atoms with Gasteiger partial charge in [-0.15, -0.1) is 0 Å². The Kier molecular flexibility index (Phi) is 4.94. The van der Waals surface area contributed by atoms with Crippen LogP contribution >= 0.6 is 0 Å². The SMILES string of the molecule is C=C/C(=C\C)c1ccc(-c2ccc(/C(C)=C/C)cc2)cc1. The molecule has 0 aromatic heterocycles. The summed E-state index contributed by atoms with van der Waals surface area (Å²) in [4.78, 5) is 0. The average molecular weight is 274 g/mol. The van der Waals surface area contributed by atoms with Gasteiger partial charge >= 0.3 is 0 Å². The minimum atomic E-state index is 1.17. The first-order valence-electron chi connectivity index (χ1n) is 7.32. The highest BCUT2D eigenvalue weighted by molar-refractivity contribution is 5.76. The van der Waals surface area contributed by atoms with Crippen molar-refractivity contribution < 1.29 is 0 Å². The fourth-order valence-corrected chi connectivity index (χ4v) is 2.35. The summed E-state index contributed by atoms with van der Waals surface area (Å²) in [6.07, 6.45) is 6.11. The Morgan fingerprint density at radius 3 is 1.62 bits per heavy atom. The molecule has 0 bridgehead atoms. The molecule has 0 aliphatic heterocycles. The summed E-state index contributed by atoms with van der Waals surface area (Å²) in [5, 5.41) is 0. The third-order valence-corrected chi connectivity index (χ3v) is 3.86. The van der Waals surface area contributed by atoms with E-state index in [1.54, 1.807) is 0 Å². The second kappa shape index (κ2) is 6.90. The third kappa shape index (κ3) is 3.41. The maximum atomic E-state index is 3.85. The monoisotopic (exact) mass is 274 g/mol. The molecule has 0 atom stereocenters. The van der Waals surface area contributed by atoms with E-state index in [1.807, 2.05) is 13.0 Å². The van der Waals surface area contributed by atoms with E-state index < -0.39 is 0 Å². The first kappa shape index (κ1) is 15.1. The Balaban J connectivity index is 2.29. The van der Waals surface area contributed by atoms with Gasteiger partial charge in [-0.3, -0.25) is 0 Å². The number of rotatable bonds is 4. The van der Waals surface area contributed by atoms with E-state index in [0.717, 1.165) is 0 Å². The van der Waals surface area contributed by atoms with Gasteiger partial charge in [0.15, 0.2) is 0 Å². The van der Waals surface area contributed by atoms with Crippen molar-refractivity contribution in [1.82, 2.24) is 0 Å². The molecule has 0 heteroatoms. The molecule has 0 heterocycles. The number of hydrogen-bond donors (Lipinski definition) is 0. The molecule has 0 radical (unpaired) electrons. The lowest BCUT2D eigenvalue weighted by Gasteiger charge is -2.07. The van der Waals surface area contributed by atoms with Crippen LogP contribution in [-0.4, -0.2) is 0 Å². The van der Waals surface area contributed by atoms with Gasteiger partial charge < -0.3 is 0 Å². The fourth-order valence-electron chi connectivity index (χ4n) is 2.35. The zero-order valence-electron chi connectivity index (χ0n) is 13.1. The fraction of sp³-hybridized carbons (Fsp3) is 0.143. The molecule has 2 aromatic rings. The number of allylic oxidation sites excluding steroid dienone is 5. The largest absolute Gasteiger partial charge is 0.0985 e. The van der Waals surface area contributed by atoms with Crippen LogP contribution in [0.3, 0.4) is 0 Å². The van der Waals surface area contributed by atoms with Crippen molar-refractivity contribution in [3.63, 3.8) is 0 Å². The van der Waals surface area contributed by atoms with E-state index in [0.29, 0.717) is 0 Å². The zero-order chi connectivity index (χ0) is 15.2. The first-order valence-corrected chi connectivity index (χ1v) is 7.32. The van der Waals surface area contributed by atoms with Gasteiger partial charge in [-0.25, -0.2) is 0 Å². The number of hydrogen-bond acceptors (Lipinski definition) is 0. The van der Waals surface area contributed by atoms with E-state index in [4.69, 9.17) is 0 Å². The Hall–Kier alpha value is -2.34. The Morgan fingerprint density at radius 1 is 0.762 bits per heavy atom. The van der Waals surface area contributed by atoms with E-state index in [9.17, 15) is 0 Å². The van der Waals surface area contributed by atoms with Crippen LogP contribution in [0.4, 0.5) is 0 Å². The van der Waals surface area contributed by atoms with Crippen LogP contribution in [0, 0.1) is 0 Å². The summed E-state index contributed by atoms with van der Waals surface area (Å²) in [6, 6.07) is 17.4. The van der Waals surface area contributed by atoms with Crippen molar-refractivity contribution in [3.05, 3.63) is 84.5 Å². The lowest BCUT2D eigenvalue weighted by atomic mass is 9.98. The highest BCUT2D eigenvalue weighted by Crippen LogP contribution is 2.24. The topological polar surface area (TPSA) is 0 Å². The Bertz CT molecular complexity index is 665. The van der Waals surface area contributed by atoms with Crippen LogP contribution in [-0.2, 0) is 0 Å². The summed E-state index contributed by atoms with van der Waals surface area (Å²) in [5.74, 6) is 0. The molecule has 0 saturated heterocycles. The van der Waals surface area contributed by atoms with Gasteiger partial charge in [0.1, 0.15) is 0 Å². The van der Waals surface area contributed by atoms with Crippen LogP contribution in [0.2, 0.25) is 0 Å². The Labute approximate surface area is 128 Å². The highest BCUT2D eigenvalue weighted by Gasteiger charge is 2.01. The summed E-state index contributed by atoms with van der Waals surface area (Å²) in [5.41, 5.74) is 7.44. The molecule has 0 aliphatic rings. The van der Waals surface area contributed by atoms with Gasteiger partial charge in [0, 0.05) is 0 Å². The molecule has 0 fully saturated rings. The molecule has 0 aliphatic carbocycles. The van der Waals surface area contributed by atoms with Gasteiger partial charge in [0.2, 0.25) is 0 Å². The van der Waals surface area contributed by atoms with Crippen molar-refractivity contribution in [1.29, 1.82) is 0 Å². The molecular weight excluding hydrogens is 252 g/mol. The molecule has 2 aromatic carbocycles. The zero-order valence-corrected chi connectivity index (χ0v) is 13.1. The van der Waals surface area contributed by atoms with E-state index >= 15 is 0 Å². The second-order valence-electron chi connectivity index (χ2n) is 5.07. The molecule has 2 rings (SSSR count). The van der Waals surface area contributed by atoms with Gasteiger partial charge in [-0.2, -0.15) is 0 Å². The molecule has 0 nitrogen and oxygen atoms in total. The smallest absolute Gasteiger partial charge is 0.0184 e. The summed E-state index contributed by atoms with van der Waals surface area (Å²) < 4.78 is 0. The lowest BCUT2D eigenvalue weighted by Crippen LogP contribution is -1.84. The van der Waals surface area contributed by atoms with Crippen LogP contribution in [0.15, 0.2) is 73.3 Å². The predicted molar refractivity (Wildman–Crippen MR) is 95.1 cm³/mol. The molecule has 0 amide bonds. The van der Waals surface area contributed by atoms with Crippen molar-refractivity contribution in [2.75, 3.05) is 0 Å². The van der Waals surface area contributed by atoms with Crippen LogP contribution in [0.5, 0.6) is 0 Å². The normalized spacial score (nSPS) is 12.3. The van der Waals surface area contributed by atoms with E-state index in [1.165, 1.54) is 33.4 Å². The molecule has 0 spiro atoms. The minimum Gasteiger partial charge on any atom is -0.0985 e.